The predicted molar refractivity (Wildman–Crippen MR) is 81.5 cm³/mol. The van der Waals surface area contributed by atoms with Crippen LogP contribution in [0.4, 0.5) is 22.0 Å². The lowest BCUT2D eigenvalue weighted by Gasteiger charge is -2.32. The molecular weight excluding hydrogens is 330 g/mol. The zero-order valence-corrected chi connectivity index (χ0v) is 13.8. The van der Waals surface area contributed by atoms with Gasteiger partial charge in [-0.2, -0.15) is 22.0 Å². The van der Waals surface area contributed by atoms with Gasteiger partial charge in [0, 0.05) is 11.9 Å². The highest BCUT2D eigenvalue weighted by Crippen LogP contribution is 2.40. The molecule has 24 heavy (non-hydrogen) atoms. The fourth-order valence-corrected chi connectivity index (χ4v) is 2.38. The molecule has 0 aromatic heterocycles. The third-order valence-corrected chi connectivity index (χ3v) is 4.46. The van der Waals surface area contributed by atoms with Crippen LogP contribution in [0.5, 0.6) is 0 Å². The number of hydrogen-bond acceptors (Lipinski definition) is 2. The summed E-state index contributed by atoms with van der Waals surface area (Å²) in [6.07, 6.45) is -6.73. The highest BCUT2D eigenvalue weighted by molar-refractivity contribution is 6.48. The largest absolute Gasteiger partial charge is 0.462 e. The maximum atomic E-state index is 13.3. The Balaban J connectivity index is 2.22. The lowest BCUT2D eigenvalue weighted by molar-refractivity contribution is -0.137. The molecular formula is C16H18BF5O2. The first-order valence-corrected chi connectivity index (χ1v) is 7.41. The Morgan fingerprint density at radius 1 is 0.958 bits per heavy atom. The van der Waals surface area contributed by atoms with Crippen molar-refractivity contribution in [3.05, 3.63) is 41.5 Å². The van der Waals surface area contributed by atoms with Crippen molar-refractivity contribution in [2.24, 2.45) is 0 Å². The number of halogens is 5. The molecule has 0 radical (unpaired) electrons. The summed E-state index contributed by atoms with van der Waals surface area (Å²) in [7, 11) is -0.895. The Kier molecular flexibility index (Phi) is 4.85. The summed E-state index contributed by atoms with van der Waals surface area (Å²) >= 11 is 0. The molecule has 2 nitrogen and oxygen atoms in total. The second kappa shape index (κ2) is 6.15. The molecule has 1 fully saturated rings. The molecule has 132 valence electrons. The maximum Gasteiger partial charge on any atom is 0.462 e. The van der Waals surface area contributed by atoms with E-state index in [1.54, 1.807) is 27.7 Å². The Morgan fingerprint density at radius 3 is 1.79 bits per heavy atom. The van der Waals surface area contributed by atoms with Gasteiger partial charge in [0.15, 0.2) is 0 Å². The number of allylic oxidation sites excluding steroid dienone is 1. The molecule has 2 rings (SSSR count). The lowest BCUT2D eigenvalue weighted by atomic mass is 9.78. The molecule has 1 aliphatic rings. The Morgan fingerprint density at radius 2 is 1.42 bits per heavy atom. The number of hydrogen-bond donors (Lipinski definition) is 0. The Labute approximate surface area is 137 Å². The van der Waals surface area contributed by atoms with E-state index in [2.05, 4.69) is 0 Å². The molecule has 0 aliphatic carbocycles. The van der Waals surface area contributed by atoms with E-state index >= 15 is 0 Å². The first kappa shape index (κ1) is 18.9. The van der Waals surface area contributed by atoms with Crippen molar-refractivity contribution in [2.45, 2.75) is 51.4 Å². The normalized spacial score (nSPS) is 19.5. The van der Waals surface area contributed by atoms with E-state index in [9.17, 15) is 22.0 Å². The van der Waals surface area contributed by atoms with E-state index in [1.807, 2.05) is 0 Å². The third kappa shape index (κ3) is 3.80. The Hall–Kier alpha value is -1.41. The van der Waals surface area contributed by atoms with Crippen molar-refractivity contribution in [3.63, 3.8) is 0 Å². The lowest BCUT2D eigenvalue weighted by Crippen LogP contribution is -2.41. The monoisotopic (exact) mass is 348 g/mol. The number of rotatable bonds is 3. The summed E-state index contributed by atoms with van der Waals surface area (Å²) in [5, 5.41) is 0. The molecule has 1 heterocycles. The van der Waals surface area contributed by atoms with E-state index in [4.69, 9.17) is 9.31 Å². The summed E-state index contributed by atoms with van der Waals surface area (Å²) in [4.78, 5) is 0. The SMILES string of the molecule is CC1(C)OB(CC(=C(F)F)c2ccc(C(F)(F)F)cc2)OC1(C)C. The molecule has 0 amide bonds. The quantitative estimate of drug-likeness (QED) is 0.538. The minimum Gasteiger partial charge on any atom is -0.403 e. The molecule has 0 N–H and O–H groups in total. The first-order valence-electron chi connectivity index (χ1n) is 7.41. The van der Waals surface area contributed by atoms with Gasteiger partial charge in [-0.15, -0.1) is 0 Å². The van der Waals surface area contributed by atoms with Crippen LogP contribution in [-0.2, 0) is 15.5 Å². The van der Waals surface area contributed by atoms with Gasteiger partial charge >= 0.3 is 13.3 Å². The van der Waals surface area contributed by atoms with Crippen molar-refractivity contribution < 1.29 is 31.3 Å². The molecule has 8 heteroatoms. The summed E-state index contributed by atoms with van der Waals surface area (Å²) in [6.45, 7) is 7.17. The molecule has 0 bridgehead atoms. The molecule has 1 aromatic carbocycles. The summed E-state index contributed by atoms with van der Waals surface area (Å²) < 4.78 is 75.7. The second-order valence-corrected chi connectivity index (χ2v) is 6.70. The van der Waals surface area contributed by atoms with Crippen LogP contribution >= 0.6 is 0 Å². The van der Waals surface area contributed by atoms with Crippen molar-refractivity contribution in [1.82, 2.24) is 0 Å². The van der Waals surface area contributed by atoms with Crippen molar-refractivity contribution in [2.75, 3.05) is 0 Å². The molecule has 0 saturated carbocycles. The topological polar surface area (TPSA) is 18.5 Å². The van der Waals surface area contributed by atoms with E-state index in [0.29, 0.717) is 0 Å². The van der Waals surface area contributed by atoms with Crippen LogP contribution in [0.2, 0.25) is 6.32 Å². The molecule has 0 unspecified atom stereocenters. The number of alkyl halides is 3. The van der Waals surface area contributed by atoms with Gasteiger partial charge in [-0.25, -0.2) is 0 Å². The molecule has 1 aliphatic heterocycles. The van der Waals surface area contributed by atoms with Gasteiger partial charge in [-0.05, 0) is 45.4 Å². The second-order valence-electron chi connectivity index (χ2n) is 6.70. The van der Waals surface area contributed by atoms with Crippen LogP contribution < -0.4 is 0 Å². The van der Waals surface area contributed by atoms with Gasteiger partial charge in [-0.1, -0.05) is 12.1 Å². The van der Waals surface area contributed by atoms with Gasteiger partial charge in [0.2, 0.25) is 0 Å². The Bertz CT molecular complexity index is 615. The van der Waals surface area contributed by atoms with E-state index < -0.39 is 36.1 Å². The highest BCUT2D eigenvalue weighted by Gasteiger charge is 2.51. The summed E-state index contributed by atoms with van der Waals surface area (Å²) in [6, 6.07) is 3.62. The van der Waals surface area contributed by atoms with Crippen LogP contribution in [0, 0.1) is 0 Å². The van der Waals surface area contributed by atoms with Crippen molar-refractivity contribution >= 4 is 12.7 Å². The molecule has 0 atom stereocenters. The average molecular weight is 348 g/mol. The summed E-state index contributed by atoms with van der Waals surface area (Å²) in [5.41, 5.74) is -2.61. The fourth-order valence-electron chi connectivity index (χ4n) is 2.38. The highest BCUT2D eigenvalue weighted by atomic mass is 19.4. The standard InChI is InChI=1S/C16H18BF5O2/c1-14(2)15(3,4)24-17(23-14)9-12(13(18)19)10-5-7-11(8-6-10)16(20,21)22/h5-8H,9H2,1-4H3. The smallest absolute Gasteiger partial charge is 0.403 e. The van der Waals surface area contributed by atoms with Crippen LogP contribution in [0.15, 0.2) is 30.3 Å². The minimum atomic E-state index is -4.51. The van der Waals surface area contributed by atoms with Crippen LogP contribution in [0.25, 0.3) is 5.57 Å². The predicted octanol–water partition coefficient (Wildman–Crippen LogP) is 5.41. The summed E-state index contributed by atoms with van der Waals surface area (Å²) in [5.74, 6) is 0. The molecule has 1 saturated heterocycles. The van der Waals surface area contributed by atoms with Crippen LogP contribution in [0.3, 0.4) is 0 Å². The zero-order chi connectivity index (χ0) is 18.3. The minimum absolute atomic E-state index is 0.0118. The molecule has 1 aromatic rings. The van der Waals surface area contributed by atoms with Gasteiger partial charge in [0.25, 0.3) is 6.08 Å². The van der Waals surface area contributed by atoms with E-state index in [0.717, 1.165) is 24.3 Å². The van der Waals surface area contributed by atoms with Crippen LogP contribution in [0.1, 0.15) is 38.8 Å². The van der Waals surface area contributed by atoms with Gasteiger partial charge < -0.3 is 9.31 Å². The van der Waals surface area contributed by atoms with Crippen molar-refractivity contribution in [3.8, 4) is 0 Å². The fraction of sp³-hybridized carbons (Fsp3) is 0.500. The van der Waals surface area contributed by atoms with Crippen molar-refractivity contribution in [1.29, 1.82) is 0 Å². The third-order valence-electron chi connectivity index (χ3n) is 4.46. The first-order chi connectivity index (χ1) is 10.8. The van der Waals surface area contributed by atoms with Gasteiger partial charge in [0.1, 0.15) is 0 Å². The zero-order valence-electron chi connectivity index (χ0n) is 13.8. The molecule has 0 spiro atoms. The van der Waals surface area contributed by atoms with Crippen LogP contribution in [-0.4, -0.2) is 18.3 Å². The van der Waals surface area contributed by atoms with Gasteiger partial charge in [-0.3, -0.25) is 0 Å². The number of benzene rings is 1. The van der Waals surface area contributed by atoms with Gasteiger partial charge in [0.05, 0.1) is 16.8 Å². The van der Waals surface area contributed by atoms with E-state index in [-0.39, 0.29) is 17.5 Å². The average Bonchev–Trinajstić information content (AvgIpc) is 2.63. The maximum absolute atomic E-state index is 13.3. The van der Waals surface area contributed by atoms with E-state index in [1.165, 1.54) is 0 Å².